The predicted octanol–water partition coefficient (Wildman–Crippen LogP) is 4.07. The summed E-state index contributed by atoms with van der Waals surface area (Å²) in [6.45, 7) is 0. The minimum Gasteiger partial charge on any atom is -0.404 e. The number of fused-ring (bicyclic) bond motifs is 1. The number of thiazole rings is 1. The zero-order chi connectivity index (χ0) is 25.5. The van der Waals surface area contributed by atoms with Crippen LogP contribution in [-0.4, -0.2) is 34.1 Å². The molecule has 0 fully saturated rings. The van der Waals surface area contributed by atoms with E-state index < -0.39 is 40.0 Å². The second-order valence-corrected chi connectivity index (χ2v) is 9.55. The maximum Gasteiger partial charge on any atom is 0.419 e. The van der Waals surface area contributed by atoms with Crippen molar-refractivity contribution >= 4 is 38.2 Å². The molecule has 0 aliphatic rings. The zero-order valence-electron chi connectivity index (χ0n) is 16.8. The van der Waals surface area contributed by atoms with E-state index in [-0.39, 0.29) is 32.0 Å². The Morgan fingerprint density at radius 3 is 2.43 bits per heavy atom. The van der Waals surface area contributed by atoms with Crippen LogP contribution in [0.5, 0.6) is 5.75 Å². The van der Waals surface area contributed by atoms with E-state index in [1.54, 1.807) is 0 Å². The number of carbonyl (C=O) groups excluding carboxylic acids is 1. The highest BCUT2D eigenvalue weighted by atomic mass is 32.2. The second-order valence-electron chi connectivity index (χ2n) is 6.73. The Morgan fingerprint density at radius 2 is 1.86 bits per heavy atom. The van der Waals surface area contributed by atoms with Crippen LogP contribution in [0.1, 0.15) is 17.7 Å². The first-order chi connectivity index (χ1) is 16.3. The average Bonchev–Trinajstić information content (AvgIpc) is 3.40. The lowest BCUT2D eigenvalue weighted by molar-refractivity contribution is -0.137. The van der Waals surface area contributed by atoms with Gasteiger partial charge < -0.3 is 4.74 Å². The predicted molar refractivity (Wildman–Crippen MR) is 112 cm³/mol. The molecule has 1 amide bonds. The molecule has 0 radical (unpaired) electrons. The van der Waals surface area contributed by atoms with Gasteiger partial charge in [0.25, 0.3) is 6.43 Å². The molecule has 0 aliphatic carbocycles. The highest BCUT2D eigenvalue weighted by Gasteiger charge is 2.30. The van der Waals surface area contributed by atoms with Gasteiger partial charge in [-0.2, -0.15) is 18.3 Å². The number of ether oxygens (including phenoxy) is 1. The number of alkyl halides is 5. The molecule has 4 rings (SSSR count). The number of anilines is 1. The van der Waals surface area contributed by atoms with Crippen molar-refractivity contribution in [3.8, 4) is 17.0 Å². The van der Waals surface area contributed by atoms with Crippen LogP contribution in [0.15, 0.2) is 46.9 Å². The average molecular weight is 534 g/mol. The van der Waals surface area contributed by atoms with E-state index in [0.717, 1.165) is 42.7 Å². The van der Waals surface area contributed by atoms with Crippen LogP contribution in [0, 0.1) is 0 Å². The molecule has 0 unspecified atom stereocenters. The molecule has 0 spiro atoms. The van der Waals surface area contributed by atoms with Crippen molar-refractivity contribution in [3.63, 3.8) is 0 Å². The third-order valence-electron chi connectivity index (χ3n) is 4.38. The SMILES string of the molecule is NS(=O)(=O)c1cnc(NC(=O)Oc2cnn3c(C(F)F)cc(-c4ccc(C(F)(F)F)cc4)nc23)s1. The number of nitrogens with two attached hydrogens (primary N) is 1. The van der Waals surface area contributed by atoms with Crippen LogP contribution in [0.4, 0.5) is 31.9 Å². The number of hydrogen-bond acceptors (Lipinski definition) is 8. The summed E-state index contributed by atoms with van der Waals surface area (Å²) >= 11 is 0.542. The van der Waals surface area contributed by atoms with Crippen molar-refractivity contribution in [1.82, 2.24) is 19.6 Å². The number of amides is 1. The molecular weight excluding hydrogens is 523 g/mol. The molecule has 35 heavy (non-hydrogen) atoms. The van der Waals surface area contributed by atoms with E-state index >= 15 is 0 Å². The maximum atomic E-state index is 13.6. The van der Waals surface area contributed by atoms with E-state index in [2.05, 4.69) is 20.4 Å². The van der Waals surface area contributed by atoms with Crippen LogP contribution >= 0.6 is 11.3 Å². The number of primary sulfonamides is 1. The third kappa shape index (κ3) is 5.20. The van der Waals surface area contributed by atoms with E-state index in [1.807, 2.05) is 0 Å². The van der Waals surface area contributed by atoms with Gasteiger partial charge in [-0.05, 0) is 18.2 Å². The van der Waals surface area contributed by atoms with Crippen LogP contribution in [0.25, 0.3) is 16.9 Å². The van der Waals surface area contributed by atoms with Crippen molar-refractivity contribution in [3.05, 3.63) is 54.0 Å². The van der Waals surface area contributed by atoms with Gasteiger partial charge in [0.15, 0.2) is 20.7 Å². The molecule has 0 saturated carbocycles. The van der Waals surface area contributed by atoms with Crippen molar-refractivity contribution in [2.45, 2.75) is 16.8 Å². The van der Waals surface area contributed by atoms with Crippen molar-refractivity contribution in [1.29, 1.82) is 0 Å². The number of nitrogens with one attached hydrogen (secondary N) is 1. The molecular formula is C18H11F5N6O4S2. The number of rotatable bonds is 5. The van der Waals surface area contributed by atoms with Crippen molar-refractivity contribution in [2.24, 2.45) is 5.14 Å². The first kappa shape index (κ1) is 24.4. The minimum atomic E-state index is -4.59. The first-order valence-electron chi connectivity index (χ1n) is 9.15. The Hall–Kier alpha value is -3.70. The number of benzene rings is 1. The number of carbonyl (C=O) groups is 1. The summed E-state index contributed by atoms with van der Waals surface area (Å²) in [6, 6.07) is 4.61. The fraction of sp³-hybridized carbons (Fsp3) is 0.111. The maximum absolute atomic E-state index is 13.6. The Labute approximate surface area is 196 Å². The lowest BCUT2D eigenvalue weighted by atomic mass is 10.1. The highest BCUT2D eigenvalue weighted by molar-refractivity contribution is 7.91. The number of sulfonamides is 1. The summed E-state index contributed by atoms with van der Waals surface area (Å²) in [5.41, 5.74) is -1.94. The standard InChI is InChI=1S/C18H11F5N6O4S2/c19-14(20)11-5-10(8-1-3-9(4-2-8)18(21,22)23)27-15-12(6-26-29(11)15)33-17(30)28-16-25-7-13(34-16)35(24,31)32/h1-7,14H,(H2,24,31,32)(H,25,28,30). The summed E-state index contributed by atoms with van der Waals surface area (Å²) < 4.78 is 93.8. The van der Waals surface area contributed by atoms with Gasteiger partial charge in [-0.1, -0.05) is 23.5 Å². The Bertz CT molecular complexity index is 1520. The smallest absolute Gasteiger partial charge is 0.404 e. The molecule has 0 bridgehead atoms. The molecule has 184 valence electrons. The van der Waals surface area contributed by atoms with E-state index in [1.165, 1.54) is 0 Å². The zero-order valence-corrected chi connectivity index (χ0v) is 18.5. The van der Waals surface area contributed by atoms with Crippen LogP contribution < -0.4 is 15.2 Å². The van der Waals surface area contributed by atoms with Gasteiger partial charge in [-0.25, -0.2) is 41.6 Å². The molecule has 4 aromatic rings. The quantitative estimate of drug-likeness (QED) is 0.368. The molecule has 0 aliphatic heterocycles. The lowest BCUT2D eigenvalue weighted by Crippen LogP contribution is -2.16. The largest absolute Gasteiger partial charge is 0.419 e. The van der Waals surface area contributed by atoms with Gasteiger partial charge in [0, 0.05) is 5.56 Å². The minimum absolute atomic E-state index is 0.0947. The summed E-state index contributed by atoms with van der Waals surface area (Å²) in [4.78, 5) is 20.0. The molecule has 3 aromatic heterocycles. The highest BCUT2D eigenvalue weighted by Crippen LogP contribution is 2.33. The lowest BCUT2D eigenvalue weighted by Gasteiger charge is -2.10. The molecule has 0 saturated heterocycles. The summed E-state index contributed by atoms with van der Waals surface area (Å²) in [5.74, 6) is -0.360. The molecule has 17 heteroatoms. The van der Waals surface area contributed by atoms with E-state index in [9.17, 15) is 35.2 Å². The molecule has 3 N–H and O–H groups in total. The monoisotopic (exact) mass is 534 g/mol. The van der Waals surface area contributed by atoms with E-state index in [0.29, 0.717) is 15.9 Å². The second kappa shape index (κ2) is 8.82. The Kier molecular flexibility index (Phi) is 6.16. The van der Waals surface area contributed by atoms with Gasteiger partial charge in [0.1, 0.15) is 5.69 Å². The number of nitrogens with zero attached hydrogens (tertiary/aromatic N) is 4. The van der Waals surface area contributed by atoms with Crippen LogP contribution in [0.3, 0.4) is 0 Å². The first-order valence-corrected chi connectivity index (χ1v) is 11.5. The Morgan fingerprint density at radius 1 is 1.17 bits per heavy atom. The van der Waals surface area contributed by atoms with Gasteiger partial charge in [0.05, 0.1) is 23.7 Å². The van der Waals surface area contributed by atoms with Gasteiger partial charge in [0.2, 0.25) is 10.0 Å². The summed E-state index contributed by atoms with van der Waals surface area (Å²) in [7, 11) is -4.04. The topological polar surface area (TPSA) is 142 Å². The molecule has 1 aromatic carbocycles. The molecule has 10 nitrogen and oxygen atoms in total. The molecule has 0 atom stereocenters. The third-order valence-corrected chi connectivity index (χ3v) is 6.70. The van der Waals surface area contributed by atoms with Crippen molar-refractivity contribution < 1.29 is 39.9 Å². The van der Waals surface area contributed by atoms with Crippen LogP contribution in [0.2, 0.25) is 0 Å². The summed E-state index contributed by atoms with van der Waals surface area (Å²) in [6.07, 6.45) is -6.96. The van der Waals surface area contributed by atoms with Gasteiger partial charge >= 0.3 is 12.3 Å². The van der Waals surface area contributed by atoms with E-state index in [4.69, 9.17) is 9.88 Å². The number of hydrogen-bond donors (Lipinski definition) is 2. The van der Waals surface area contributed by atoms with Gasteiger partial charge in [-0.3, -0.25) is 5.32 Å². The fourth-order valence-corrected chi connectivity index (χ4v) is 4.27. The number of halogens is 5. The summed E-state index contributed by atoms with van der Waals surface area (Å²) in [5, 5.41) is 10.7. The van der Waals surface area contributed by atoms with Gasteiger partial charge in [-0.15, -0.1) is 0 Å². The fourth-order valence-electron chi connectivity index (χ4n) is 2.83. The van der Waals surface area contributed by atoms with Crippen molar-refractivity contribution in [2.75, 3.05) is 5.32 Å². The molecule has 3 heterocycles. The van der Waals surface area contributed by atoms with Crippen LogP contribution in [-0.2, 0) is 16.2 Å². The normalized spacial score (nSPS) is 12.3. The Balaban J connectivity index is 1.66. The number of aromatic nitrogens is 4.